The van der Waals surface area contributed by atoms with Gasteiger partial charge in [-0.05, 0) is 24.2 Å². The van der Waals surface area contributed by atoms with Gasteiger partial charge in [0.1, 0.15) is 0 Å². The Morgan fingerprint density at radius 2 is 2.00 bits per heavy atom. The lowest BCUT2D eigenvalue weighted by Crippen LogP contribution is -2.33. The smallest absolute Gasteiger partial charge is 0.157 e. The van der Waals surface area contributed by atoms with Crippen molar-refractivity contribution in [2.75, 3.05) is 0 Å². The van der Waals surface area contributed by atoms with Crippen LogP contribution in [0.15, 0.2) is 0 Å². The molecule has 2 heteroatoms. The molecular formula is C10H15ClO. The zero-order valence-corrected chi connectivity index (χ0v) is 8.61. The van der Waals surface area contributed by atoms with E-state index in [9.17, 15) is 4.79 Å². The molecule has 1 nitrogen and oxygen atoms in total. The molecule has 0 N–H and O–H groups in total. The maximum atomic E-state index is 11.8. The van der Waals surface area contributed by atoms with Crippen LogP contribution < -0.4 is 0 Å². The van der Waals surface area contributed by atoms with Crippen LogP contribution in [-0.4, -0.2) is 11.2 Å². The van der Waals surface area contributed by atoms with Crippen LogP contribution >= 0.6 is 11.6 Å². The molecular weight excluding hydrogens is 172 g/mol. The van der Waals surface area contributed by atoms with Crippen LogP contribution in [0.4, 0.5) is 0 Å². The van der Waals surface area contributed by atoms with Gasteiger partial charge in [-0.15, -0.1) is 11.6 Å². The zero-order chi connectivity index (χ0) is 9.15. The van der Waals surface area contributed by atoms with E-state index < -0.39 is 0 Å². The number of carbonyl (C=O) groups excluding carboxylic acids is 1. The molecule has 2 rings (SSSR count). The van der Waals surface area contributed by atoms with Crippen molar-refractivity contribution < 1.29 is 4.79 Å². The first kappa shape index (κ1) is 8.55. The fraction of sp³-hybridized carbons (Fsp3) is 0.900. The summed E-state index contributed by atoms with van der Waals surface area (Å²) < 4.78 is 0. The summed E-state index contributed by atoms with van der Waals surface area (Å²) in [5.41, 5.74) is -0.0133. The normalized spacial score (nSPS) is 50.2. The third-order valence-electron chi connectivity index (χ3n) is 4.45. The summed E-state index contributed by atoms with van der Waals surface area (Å²) in [4.78, 5) is 11.8. The van der Waals surface area contributed by atoms with Crippen LogP contribution in [0.25, 0.3) is 0 Å². The first-order valence-electron chi connectivity index (χ1n) is 4.59. The summed E-state index contributed by atoms with van der Waals surface area (Å²) in [6.07, 6.45) is 2.16. The van der Waals surface area contributed by atoms with Crippen molar-refractivity contribution >= 4 is 17.4 Å². The van der Waals surface area contributed by atoms with Gasteiger partial charge in [0.15, 0.2) is 5.78 Å². The Morgan fingerprint density at radius 3 is 2.25 bits per heavy atom. The van der Waals surface area contributed by atoms with Crippen molar-refractivity contribution in [1.29, 1.82) is 0 Å². The zero-order valence-electron chi connectivity index (χ0n) is 7.86. The summed E-state index contributed by atoms with van der Waals surface area (Å²) in [7, 11) is 0. The average molecular weight is 187 g/mol. The predicted octanol–water partition coefficient (Wildman–Crippen LogP) is 2.62. The van der Waals surface area contributed by atoms with E-state index in [0.29, 0.717) is 5.92 Å². The van der Waals surface area contributed by atoms with Crippen molar-refractivity contribution in [2.45, 2.75) is 39.0 Å². The predicted molar refractivity (Wildman–Crippen MR) is 49.3 cm³/mol. The van der Waals surface area contributed by atoms with Crippen LogP contribution in [0.1, 0.15) is 33.6 Å². The molecule has 2 saturated carbocycles. The summed E-state index contributed by atoms with van der Waals surface area (Å²) >= 11 is 6.08. The van der Waals surface area contributed by atoms with Gasteiger partial charge in [-0.2, -0.15) is 0 Å². The van der Waals surface area contributed by atoms with Gasteiger partial charge in [0.05, 0.1) is 5.38 Å². The SMILES string of the molecule is CC1(C)[C@@H]2CC[C@@]1(C)C(=O)[C@H]2Cl. The lowest BCUT2D eigenvalue weighted by Gasteiger charge is -2.32. The minimum atomic E-state index is -0.209. The second kappa shape index (κ2) is 2.06. The van der Waals surface area contributed by atoms with Crippen molar-refractivity contribution in [3.63, 3.8) is 0 Å². The Labute approximate surface area is 78.5 Å². The van der Waals surface area contributed by atoms with Gasteiger partial charge in [0.2, 0.25) is 0 Å². The molecule has 2 aliphatic rings. The van der Waals surface area contributed by atoms with Gasteiger partial charge in [-0.3, -0.25) is 4.79 Å². The molecule has 2 aliphatic carbocycles. The quantitative estimate of drug-likeness (QED) is 0.532. The average Bonchev–Trinajstić information content (AvgIpc) is 2.26. The molecule has 0 heterocycles. The molecule has 0 unspecified atom stereocenters. The van der Waals surface area contributed by atoms with Crippen LogP contribution in [-0.2, 0) is 4.79 Å². The number of halogens is 1. The molecule has 2 fully saturated rings. The standard InChI is InChI=1S/C10H15ClO/c1-9(2)6-4-5-10(9,3)8(12)7(6)11/h6-7H,4-5H2,1-3H3/t6-,7+,10+/m1/s1. The number of fused-ring (bicyclic) bond motifs is 2. The van der Waals surface area contributed by atoms with Crippen molar-refractivity contribution in [3.8, 4) is 0 Å². The van der Waals surface area contributed by atoms with Crippen LogP contribution in [0.5, 0.6) is 0 Å². The molecule has 12 heavy (non-hydrogen) atoms. The fourth-order valence-electron chi connectivity index (χ4n) is 2.98. The summed E-state index contributed by atoms with van der Waals surface area (Å²) in [5, 5.41) is -0.209. The van der Waals surface area contributed by atoms with E-state index in [0.717, 1.165) is 12.8 Å². The van der Waals surface area contributed by atoms with Crippen molar-refractivity contribution in [2.24, 2.45) is 16.7 Å². The Kier molecular flexibility index (Phi) is 1.47. The lowest BCUT2D eigenvalue weighted by molar-refractivity contribution is -0.127. The molecule has 0 radical (unpaired) electrons. The third kappa shape index (κ3) is 0.654. The largest absolute Gasteiger partial charge is 0.297 e. The van der Waals surface area contributed by atoms with Crippen LogP contribution in [0, 0.1) is 16.7 Å². The van der Waals surface area contributed by atoms with E-state index >= 15 is 0 Å². The Hall–Kier alpha value is -0.0400. The van der Waals surface area contributed by atoms with Gasteiger partial charge < -0.3 is 0 Å². The van der Waals surface area contributed by atoms with Crippen molar-refractivity contribution in [3.05, 3.63) is 0 Å². The van der Waals surface area contributed by atoms with Gasteiger partial charge in [0, 0.05) is 5.41 Å². The summed E-state index contributed by atoms with van der Waals surface area (Å²) in [6.45, 7) is 6.45. The van der Waals surface area contributed by atoms with E-state index in [4.69, 9.17) is 11.6 Å². The highest BCUT2D eigenvalue weighted by Gasteiger charge is 2.65. The Morgan fingerprint density at radius 1 is 1.42 bits per heavy atom. The maximum Gasteiger partial charge on any atom is 0.157 e. The molecule has 0 spiro atoms. The molecule has 68 valence electrons. The molecule has 0 aromatic rings. The maximum absolute atomic E-state index is 11.8. The number of Topliss-reactive ketones (excluding diaryl/α,β-unsaturated/α-hetero) is 1. The number of rotatable bonds is 0. The number of hydrogen-bond acceptors (Lipinski definition) is 1. The molecule has 0 amide bonds. The molecule has 0 saturated heterocycles. The molecule has 0 aromatic heterocycles. The van der Waals surface area contributed by atoms with Gasteiger partial charge in [0.25, 0.3) is 0 Å². The lowest BCUT2D eigenvalue weighted by atomic mass is 9.70. The Balaban J connectivity index is 2.50. The minimum Gasteiger partial charge on any atom is -0.297 e. The van der Waals surface area contributed by atoms with E-state index in [2.05, 4.69) is 20.8 Å². The number of alkyl halides is 1. The molecule has 2 bridgehead atoms. The number of hydrogen-bond donors (Lipinski definition) is 0. The van der Waals surface area contributed by atoms with Gasteiger partial charge in [-0.1, -0.05) is 20.8 Å². The van der Waals surface area contributed by atoms with Crippen LogP contribution in [0.3, 0.4) is 0 Å². The van der Waals surface area contributed by atoms with E-state index in [1.54, 1.807) is 0 Å². The second-order valence-electron chi connectivity index (χ2n) is 4.96. The van der Waals surface area contributed by atoms with Crippen molar-refractivity contribution in [1.82, 2.24) is 0 Å². The highest BCUT2D eigenvalue weighted by atomic mass is 35.5. The Bertz CT molecular complexity index is 246. The van der Waals surface area contributed by atoms with Gasteiger partial charge in [-0.25, -0.2) is 0 Å². The molecule has 0 aromatic carbocycles. The highest BCUT2D eigenvalue weighted by molar-refractivity contribution is 6.33. The van der Waals surface area contributed by atoms with Crippen LogP contribution in [0.2, 0.25) is 0 Å². The number of carbonyl (C=O) groups is 1. The number of ketones is 1. The third-order valence-corrected chi connectivity index (χ3v) is 4.95. The molecule has 0 aliphatic heterocycles. The van der Waals surface area contributed by atoms with E-state index in [1.165, 1.54) is 0 Å². The highest BCUT2D eigenvalue weighted by Crippen LogP contribution is 2.64. The first-order chi connectivity index (χ1) is 5.41. The fourth-order valence-corrected chi connectivity index (χ4v) is 3.66. The summed E-state index contributed by atoms with van der Waals surface area (Å²) in [5.74, 6) is 0.696. The second-order valence-corrected chi connectivity index (χ2v) is 5.44. The first-order valence-corrected chi connectivity index (χ1v) is 5.03. The van der Waals surface area contributed by atoms with E-state index in [-0.39, 0.29) is 22.0 Å². The summed E-state index contributed by atoms with van der Waals surface area (Å²) in [6, 6.07) is 0. The topological polar surface area (TPSA) is 17.1 Å². The van der Waals surface area contributed by atoms with Gasteiger partial charge >= 0.3 is 0 Å². The van der Waals surface area contributed by atoms with E-state index in [1.807, 2.05) is 0 Å². The minimum absolute atomic E-state index is 0.122. The monoisotopic (exact) mass is 186 g/mol. The molecule has 3 atom stereocenters.